The Morgan fingerprint density at radius 1 is 1.22 bits per heavy atom. The van der Waals surface area contributed by atoms with Crippen LogP contribution in [0.4, 0.5) is 0 Å². The Bertz CT molecular complexity index is 1180. The second-order valence-electron chi connectivity index (χ2n) is 10.2. The van der Waals surface area contributed by atoms with Gasteiger partial charge in [0.1, 0.15) is 0 Å². The topological polar surface area (TPSA) is 47.3 Å². The molecule has 27 heavy (non-hydrogen) atoms. The molecule has 140 valence electrons. The summed E-state index contributed by atoms with van der Waals surface area (Å²) in [5.41, 5.74) is 5.01. The second-order valence-corrected chi connectivity index (χ2v) is 10.2. The van der Waals surface area contributed by atoms with Gasteiger partial charge in [0.05, 0.1) is 5.52 Å². The molecule has 0 saturated heterocycles. The molecule has 0 radical (unpaired) electrons. The average Bonchev–Trinajstić information content (AvgIpc) is 2.93. The fourth-order valence-electron chi connectivity index (χ4n) is 5.71. The SMILES string of the molecule is CC(C)(C)c1cn2c3c(c(=O)nc2c2cccnc12)[C@@H]1CCC3(C)C1(C)C. The lowest BCUT2D eigenvalue weighted by molar-refractivity contribution is 0.226. The first kappa shape index (κ1) is 16.9. The van der Waals surface area contributed by atoms with Gasteiger partial charge in [-0.15, -0.1) is 0 Å². The summed E-state index contributed by atoms with van der Waals surface area (Å²) in [6.07, 6.45) is 6.24. The number of pyridine rings is 2. The van der Waals surface area contributed by atoms with Crippen molar-refractivity contribution >= 4 is 16.6 Å². The second kappa shape index (κ2) is 4.78. The molecule has 3 aromatic heterocycles. The molecule has 2 bridgehead atoms. The number of hydrogen-bond donors (Lipinski definition) is 0. The van der Waals surface area contributed by atoms with Crippen LogP contribution in [0.2, 0.25) is 0 Å². The maximum absolute atomic E-state index is 13.1. The molecular formula is C23H27N3O. The molecule has 3 aromatic rings. The molecule has 3 heterocycles. The van der Waals surface area contributed by atoms with Gasteiger partial charge in [0.2, 0.25) is 0 Å². The van der Waals surface area contributed by atoms with E-state index in [1.165, 1.54) is 11.3 Å². The van der Waals surface area contributed by atoms with Gasteiger partial charge < -0.3 is 4.40 Å². The third kappa shape index (κ3) is 1.86. The summed E-state index contributed by atoms with van der Waals surface area (Å²) in [6, 6.07) is 3.98. The van der Waals surface area contributed by atoms with Gasteiger partial charge in [-0.3, -0.25) is 9.78 Å². The Kier molecular flexibility index (Phi) is 2.99. The van der Waals surface area contributed by atoms with Crippen LogP contribution in [0.5, 0.6) is 0 Å². The fourth-order valence-corrected chi connectivity index (χ4v) is 5.71. The predicted molar refractivity (Wildman–Crippen MR) is 109 cm³/mol. The highest BCUT2D eigenvalue weighted by Crippen LogP contribution is 2.66. The van der Waals surface area contributed by atoms with Crippen molar-refractivity contribution in [1.29, 1.82) is 0 Å². The Hall–Kier alpha value is -2.23. The van der Waals surface area contributed by atoms with E-state index in [1.54, 1.807) is 0 Å². The molecule has 2 atom stereocenters. The van der Waals surface area contributed by atoms with Crippen LogP contribution in [0.3, 0.4) is 0 Å². The van der Waals surface area contributed by atoms with Crippen molar-refractivity contribution in [3.05, 3.63) is 51.7 Å². The van der Waals surface area contributed by atoms with Crippen molar-refractivity contribution in [3.8, 4) is 0 Å². The molecule has 0 aromatic carbocycles. The zero-order valence-electron chi connectivity index (χ0n) is 17.1. The molecule has 0 aliphatic heterocycles. The average molecular weight is 361 g/mol. The van der Waals surface area contributed by atoms with Gasteiger partial charge in [-0.2, -0.15) is 4.98 Å². The number of fused-ring (bicyclic) bond motifs is 9. The van der Waals surface area contributed by atoms with E-state index in [1.807, 2.05) is 18.3 Å². The molecule has 4 nitrogen and oxygen atoms in total. The Labute approximate surface area is 159 Å². The first-order valence-corrected chi connectivity index (χ1v) is 9.92. The van der Waals surface area contributed by atoms with Crippen molar-refractivity contribution in [2.45, 2.75) is 71.1 Å². The summed E-state index contributed by atoms with van der Waals surface area (Å²) in [4.78, 5) is 22.4. The molecule has 2 aliphatic carbocycles. The molecule has 4 heteroatoms. The lowest BCUT2D eigenvalue weighted by Gasteiger charge is -2.36. The molecule has 0 N–H and O–H groups in total. The molecule has 1 unspecified atom stereocenters. The maximum atomic E-state index is 13.1. The first-order chi connectivity index (χ1) is 12.6. The van der Waals surface area contributed by atoms with Crippen LogP contribution in [0.25, 0.3) is 16.6 Å². The monoisotopic (exact) mass is 361 g/mol. The molecule has 0 amide bonds. The van der Waals surface area contributed by atoms with Crippen molar-refractivity contribution in [1.82, 2.24) is 14.4 Å². The van der Waals surface area contributed by atoms with Gasteiger partial charge in [0.15, 0.2) is 5.65 Å². The standard InChI is InChI=1S/C23H27N3O/c1-21(2,3)15-12-26-18-16(14-9-10-23(18,6)22(14,4)5)20(27)25-19(26)13-8-7-11-24-17(13)15/h7-8,11-12,14H,9-10H2,1-6H3/t14-,23?/m0/s1. The third-order valence-corrected chi connectivity index (χ3v) is 7.63. The summed E-state index contributed by atoms with van der Waals surface area (Å²) in [7, 11) is 0. The van der Waals surface area contributed by atoms with Crippen molar-refractivity contribution < 1.29 is 0 Å². The van der Waals surface area contributed by atoms with Crippen molar-refractivity contribution in [2.24, 2.45) is 5.41 Å². The predicted octanol–water partition coefficient (Wildman–Crippen LogP) is 4.72. The fraction of sp³-hybridized carbons (Fsp3) is 0.522. The molecule has 1 saturated carbocycles. The van der Waals surface area contributed by atoms with Gasteiger partial charge in [-0.05, 0) is 41.7 Å². The third-order valence-electron chi connectivity index (χ3n) is 7.63. The summed E-state index contributed by atoms with van der Waals surface area (Å²) < 4.78 is 2.24. The summed E-state index contributed by atoms with van der Waals surface area (Å²) >= 11 is 0. The molecule has 1 fully saturated rings. The van der Waals surface area contributed by atoms with E-state index in [0.29, 0.717) is 5.92 Å². The van der Waals surface area contributed by atoms with Crippen LogP contribution in [-0.4, -0.2) is 14.4 Å². The van der Waals surface area contributed by atoms with E-state index in [4.69, 9.17) is 0 Å². The first-order valence-electron chi connectivity index (χ1n) is 9.92. The lowest BCUT2D eigenvalue weighted by Crippen LogP contribution is -2.33. The van der Waals surface area contributed by atoms with E-state index < -0.39 is 0 Å². The van der Waals surface area contributed by atoms with Crippen LogP contribution in [-0.2, 0) is 10.8 Å². The summed E-state index contributed by atoms with van der Waals surface area (Å²) in [6.45, 7) is 13.6. The number of aromatic nitrogens is 3. The quantitative estimate of drug-likeness (QED) is 0.545. The van der Waals surface area contributed by atoms with E-state index in [0.717, 1.165) is 35.0 Å². The largest absolute Gasteiger partial charge is 0.304 e. The van der Waals surface area contributed by atoms with E-state index in [-0.39, 0.29) is 21.8 Å². The maximum Gasteiger partial charge on any atom is 0.277 e. The molecule has 2 aliphatic rings. The summed E-state index contributed by atoms with van der Waals surface area (Å²) in [5, 5.41) is 0.967. The van der Waals surface area contributed by atoms with Gasteiger partial charge >= 0.3 is 0 Å². The highest BCUT2D eigenvalue weighted by molar-refractivity contribution is 5.94. The highest BCUT2D eigenvalue weighted by Gasteiger charge is 2.61. The van der Waals surface area contributed by atoms with Crippen LogP contribution in [0.15, 0.2) is 29.3 Å². The smallest absolute Gasteiger partial charge is 0.277 e. The van der Waals surface area contributed by atoms with Crippen LogP contribution >= 0.6 is 0 Å². The minimum atomic E-state index is -0.0507. The van der Waals surface area contributed by atoms with Gasteiger partial charge in [-0.25, -0.2) is 0 Å². The zero-order valence-corrected chi connectivity index (χ0v) is 17.1. The Morgan fingerprint density at radius 3 is 2.67 bits per heavy atom. The van der Waals surface area contributed by atoms with Crippen LogP contribution in [0.1, 0.15) is 77.1 Å². The normalized spacial score (nSPS) is 26.1. The van der Waals surface area contributed by atoms with Crippen LogP contribution < -0.4 is 5.56 Å². The van der Waals surface area contributed by atoms with E-state index >= 15 is 0 Å². The Morgan fingerprint density at radius 2 is 1.96 bits per heavy atom. The van der Waals surface area contributed by atoms with Gasteiger partial charge in [-0.1, -0.05) is 41.5 Å². The van der Waals surface area contributed by atoms with E-state index in [2.05, 4.69) is 62.1 Å². The molecule has 5 rings (SSSR count). The Balaban J connectivity index is 2.04. The van der Waals surface area contributed by atoms with Gasteiger partial charge in [0, 0.05) is 40.0 Å². The number of hydrogen-bond acceptors (Lipinski definition) is 3. The highest BCUT2D eigenvalue weighted by atomic mass is 16.1. The van der Waals surface area contributed by atoms with Gasteiger partial charge in [0.25, 0.3) is 5.56 Å². The van der Waals surface area contributed by atoms with Crippen molar-refractivity contribution in [3.63, 3.8) is 0 Å². The van der Waals surface area contributed by atoms with Crippen molar-refractivity contribution in [2.75, 3.05) is 0 Å². The number of nitrogens with zero attached hydrogens (tertiary/aromatic N) is 3. The minimum absolute atomic E-state index is 0.0109. The zero-order chi connectivity index (χ0) is 19.4. The van der Waals surface area contributed by atoms with Crippen LogP contribution in [0, 0.1) is 5.41 Å². The van der Waals surface area contributed by atoms with E-state index in [9.17, 15) is 4.79 Å². The molecular weight excluding hydrogens is 334 g/mol. The summed E-state index contributed by atoms with van der Waals surface area (Å²) in [5.74, 6) is 0.303. The minimum Gasteiger partial charge on any atom is -0.304 e. The number of rotatable bonds is 0. The molecule has 0 spiro atoms. The lowest BCUT2D eigenvalue weighted by atomic mass is 9.70.